The number of fused-ring (bicyclic) bond motifs is 1. The molecule has 140 valence electrons. The molecule has 0 amide bonds. The average Bonchev–Trinajstić information content (AvgIpc) is 2.68. The monoisotopic (exact) mass is 433 g/mol. The molecule has 0 N–H and O–H groups in total. The molecular formula is C24H22BrN2O+. The number of aromatic nitrogens is 2. The largest absolute Gasteiger partial charge is 0.290 e. The highest BCUT2D eigenvalue weighted by molar-refractivity contribution is 8.93. The fraction of sp³-hybridized carbons (Fsp3) is 0.125. The zero-order valence-electron chi connectivity index (χ0n) is 15.9. The van der Waals surface area contributed by atoms with Gasteiger partial charge in [0.25, 0.3) is 6.33 Å². The van der Waals surface area contributed by atoms with Gasteiger partial charge in [0.15, 0.2) is 12.2 Å². The van der Waals surface area contributed by atoms with Crippen molar-refractivity contribution < 1.29 is 9.36 Å². The van der Waals surface area contributed by atoms with Gasteiger partial charge in [-0.05, 0) is 35.2 Å². The first-order valence-electron chi connectivity index (χ1n) is 9.05. The molecule has 0 unspecified atom stereocenters. The molecule has 0 fully saturated rings. The van der Waals surface area contributed by atoms with Gasteiger partial charge in [-0.3, -0.25) is 4.79 Å². The number of hydrogen-bond donors (Lipinski definition) is 0. The van der Waals surface area contributed by atoms with E-state index in [-0.39, 0.29) is 29.3 Å². The van der Waals surface area contributed by atoms with E-state index in [0.717, 1.165) is 27.6 Å². The van der Waals surface area contributed by atoms with Crippen LogP contribution in [0.25, 0.3) is 22.0 Å². The predicted molar refractivity (Wildman–Crippen MR) is 118 cm³/mol. The molecule has 0 saturated carbocycles. The summed E-state index contributed by atoms with van der Waals surface area (Å²) in [5, 5.41) is 2.07. The fourth-order valence-corrected chi connectivity index (χ4v) is 3.46. The highest BCUT2D eigenvalue weighted by Crippen LogP contribution is 2.21. The molecule has 4 aromatic rings. The summed E-state index contributed by atoms with van der Waals surface area (Å²) >= 11 is 0. The number of benzene rings is 3. The Hall–Kier alpha value is -2.85. The lowest BCUT2D eigenvalue weighted by Gasteiger charge is -2.06. The smallest absolute Gasteiger partial charge is 0.287 e. The molecule has 1 heterocycles. The van der Waals surface area contributed by atoms with Crippen molar-refractivity contribution in [3.05, 3.63) is 95.9 Å². The average molecular weight is 434 g/mol. The van der Waals surface area contributed by atoms with E-state index in [2.05, 4.69) is 37.0 Å². The maximum Gasteiger partial charge on any atom is 0.287 e. The third-order valence-corrected chi connectivity index (χ3v) is 4.84. The van der Waals surface area contributed by atoms with E-state index in [1.807, 2.05) is 59.3 Å². The minimum Gasteiger partial charge on any atom is -0.290 e. The van der Waals surface area contributed by atoms with Gasteiger partial charge in [0, 0.05) is 17.2 Å². The number of Topliss-reactive ketones (excluding diaryl/α,β-unsaturated/α-hetero) is 1. The van der Waals surface area contributed by atoms with Gasteiger partial charge in [-0.25, -0.2) is 4.57 Å². The van der Waals surface area contributed by atoms with Gasteiger partial charge in [-0.2, -0.15) is 0 Å². The zero-order chi connectivity index (χ0) is 18.8. The summed E-state index contributed by atoms with van der Waals surface area (Å²) in [5.74, 6) is 0.0814. The van der Waals surface area contributed by atoms with E-state index in [1.54, 1.807) is 6.33 Å². The number of hydrogen-bond acceptors (Lipinski definition) is 2. The van der Waals surface area contributed by atoms with Crippen molar-refractivity contribution in [1.29, 1.82) is 0 Å². The van der Waals surface area contributed by atoms with Crippen molar-refractivity contribution in [2.24, 2.45) is 0 Å². The van der Waals surface area contributed by atoms with Crippen LogP contribution in [0.5, 0.6) is 0 Å². The lowest BCUT2D eigenvalue weighted by Crippen LogP contribution is -2.37. The summed E-state index contributed by atoms with van der Waals surface area (Å²) in [6.45, 7) is 4.45. The highest BCUT2D eigenvalue weighted by Gasteiger charge is 2.14. The number of nitrogens with zero attached hydrogens (tertiary/aromatic N) is 2. The van der Waals surface area contributed by atoms with Crippen LogP contribution < -0.4 is 4.57 Å². The zero-order valence-corrected chi connectivity index (χ0v) is 17.6. The number of carbonyl (C=O) groups is 1. The summed E-state index contributed by atoms with van der Waals surface area (Å²) in [7, 11) is 0. The molecule has 3 aromatic carbocycles. The second-order valence-corrected chi connectivity index (χ2v) is 6.89. The third kappa shape index (κ3) is 4.02. The van der Waals surface area contributed by atoms with Crippen LogP contribution in [0, 0.1) is 13.8 Å². The molecule has 0 radical (unpaired) electrons. The summed E-state index contributed by atoms with van der Waals surface area (Å²) in [6, 6.07) is 22.1. The van der Waals surface area contributed by atoms with E-state index >= 15 is 0 Å². The summed E-state index contributed by atoms with van der Waals surface area (Å²) in [5.41, 5.74) is 5.23. The van der Waals surface area contributed by atoms with Crippen LogP contribution in [0.2, 0.25) is 0 Å². The second-order valence-electron chi connectivity index (χ2n) is 6.89. The van der Waals surface area contributed by atoms with Crippen molar-refractivity contribution >= 4 is 33.5 Å². The van der Waals surface area contributed by atoms with Gasteiger partial charge < -0.3 is 0 Å². The van der Waals surface area contributed by atoms with Crippen molar-refractivity contribution in [3.8, 4) is 11.3 Å². The van der Waals surface area contributed by atoms with Crippen LogP contribution in [0.3, 0.4) is 0 Å². The van der Waals surface area contributed by atoms with Gasteiger partial charge in [0.1, 0.15) is 0 Å². The Bertz CT molecular complexity index is 1130. The van der Waals surface area contributed by atoms with E-state index in [1.165, 1.54) is 11.1 Å². The lowest BCUT2D eigenvalue weighted by molar-refractivity contribution is -0.686. The first-order chi connectivity index (χ1) is 13.1. The van der Waals surface area contributed by atoms with Crippen LogP contribution in [-0.4, -0.2) is 10.8 Å². The Kier molecular flexibility index (Phi) is 6.00. The number of aryl methyl sites for hydroxylation is 2. The first kappa shape index (κ1) is 19.9. The second kappa shape index (κ2) is 8.44. The van der Waals surface area contributed by atoms with E-state index < -0.39 is 0 Å². The first-order valence-corrected chi connectivity index (χ1v) is 9.05. The topological polar surface area (TPSA) is 33.8 Å². The molecule has 1 aromatic heterocycles. The summed E-state index contributed by atoms with van der Waals surface area (Å²) < 4.78 is 1.83. The standard InChI is InChI=1S/C24H21N2O.BrH/c1-17-10-11-20(18(2)14-17)23-12-13-26(16-25-23)15-24(27)22-9-5-7-19-6-3-4-8-21(19)22;/h3-14,16H,15H2,1-2H3;1H/q+1;. The van der Waals surface area contributed by atoms with Gasteiger partial charge in [0.2, 0.25) is 5.78 Å². The van der Waals surface area contributed by atoms with E-state index in [0.29, 0.717) is 0 Å². The molecule has 0 aliphatic heterocycles. The minimum absolute atomic E-state index is 0. The highest BCUT2D eigenvalue weighted by atomic mass is 79.9. The number of halogens is 1. The van der Waals surface area contributed by atoms with Crippen molar-refractivity contribution in [2.45, 2.75) is 20.4 Å². The molecule has 3 nitrogen and oxygen atoms in total. The van der Waals surface area contributed by atoms with E-state index in [9.17, 15) is 4.79 Å². The number of carbonyl (C=O) groups excluding carboxylic acids is 1. The minimum atomic E-state index is 0. The Labute approximate surface area is 175 Å². The Balaban J connectivity index is 0.00000225. The van der Waals surface area contributed by atoms with Crippen molar-refractivity contribution in [1.82, 2.24) is 4.98 Å². The molecule has 0 aliphatic carbocycles. The van der Waals surface area contributed by atoms with Gasteiger partial charge in [0.05, 0.1) is 6.20 Å². The quantitative estimate of drug-likeness (QED) is 0.324. The Morgan fingerprint density at radius 2 is 1.75 bits per heavy atom. The third-order valence-electron chi connectivity index (χ3n) is 4.84. The van der Waals surface area contributed by atoms with Gasteiger partial charge in [-0.1, -0.05) is 66.2 Å². The number of rotatable bonds is 4. The molecule has 0 spiro atoms. The molecule has 0 bridgehead atoms. The maximum absolute atomic E-state index is 12.8. The lowest BCUT2D eigenvalue weighted by atomic mass is 10.0. The van der Waals surface area contributed by atoms with Crippen LogP contribution in [0.1, 0.15) is 21.5 Å². The fourth-order valence-electron chi connectivity index (χ4n) is 3.46. The SMILES string of the molecule is Br.Cc1ccc(-c2cc[n+](CC(=O)c3cccc4ccccc34)cn2)c(C)c1. The molecule has 4 heteroatoms. The normalized spacial score (nSPS) is 10.5. The Morgan fingerprint density at radius 3 is 2.50 bits per heavy atom. The van der Waals surface area contributed by atoms with Crippen LogP contribution in [0.4, 0.5) is 0 Å². The molecule has 28 heavy (non-hydrogen) atoms. The molecular weight excluding hydrogens is 412 g/mol. The summed E-state index contributed by atoms with van der Waals surface area (Å²) in [6.07, 6.45) is 3.66. The van der Waals surface area contributed by atoms with E-state index in [4.69, 9.17) is 0 Å². The van der Waals surface area contributed by atoms with Crippen LogP contribution >= 0.6 is 17.0 Å². The summed E-state index contributed by atoms with van der Waals surface area (Å²) in [4.78, 5) is 17.4. The molecule has 0 atom stereocenters. The Morgan fingerprint density at radius 1 is 0.964 bits per heavy atom. The predicted octanol–water partition coefficient (Wildman–Crippen LogP) is 5.27. The van der Waals surface area contributed by atoms with Crippen LogP contribution in [-0.2, 0) is 6.54 Å². The van der Waals surface area contributed by atoms with Crippen LogP contribution in [0.15, 0.2) is 79.3 Å². The molecule has 0 aliphatic rings. The van der Waals surface area contributed by atoms with Crippen molar-refractivity contribution in [3.63, 3.8) is 0 Å². The van der Waals surface area contributed by atoms with Crippen molar-refractivity contribution in [2.75, 3.05) is 0 Å². The molecule has 4 rings (SSSR count). The molecule has 0 saturated heterocycles. The van der Waals surface area contributed by atoms with Gasteiger partial charge in [-0.15, -0.1) is 17.0 Å². The maximum atomic E-state index is 12.8. The van der Waals surface area contributed by atoms with Gasteiger partial charge >= 0.3 is 0 Å². The number of ketones is 1.